The summed E-state index contributed by atoms with van der Waals surface area (Å²) in [6.45, 7) is 1.30. The molecule has 1 amide bonds. The minimum Gasteiger partial charge on any atom is -0.347 e. The van der Waals surface area contributed by atoms with Gasteiger partial charge in [0.2, 0.25) is 0 Å². The molecule has 0 saturated carbocycles. The van der Waals surface area contributed by atoms with Gasteiger partial charge in [-0.1, -0.05) is 6.07 Å². The monoisotopic (exact) mass is 383 g/mol. The molecule has 6 nitrogen and oxygen atoms in total. The average molecular weight is 383 g/mol. The van der Waals surface area contributed by atoms with Crippen molar-refractivity contribution in [1.29, 1.82) is 0 Å². The smallest absolute Gasteiger partial charge is 0.251 e. The highest BCUT2D eigenvalue weighted by Crippen LogP contribution is 2.27. The molecule has 2 atom stereocenters. The van der Waals surface area contributed by atoms with E-state index in [1.54, 1.807) is 47.7 Å². The molecule has 2 aromatic heterocycles. The van der Waals surface area contributed by atoms with Crippen LogP contribution in [0.1, 0.15) is 28.3 Å². The first-order valence-electron chi connectivity index (χ1n) is 9.03. The van der Waals surface area contributed by atoms with E-state index in [-0.39, 0.29) is 17.9 Å². The zero-order chi connectivity index (χ0) is 19.5. The second kappa shape index (κ2) is 7.85. The Morgan fingerprint density at radius 1 is 1.18 bits per heavy atom. The Morgan fingerprint density at radius 3 is 2.86 bits per heavy atom. The van der Waals surface area contributed by atoms with Crippen molar-refractivity contribution in [3.05, 3.63) is 78.0 Å². The average Bonchev–Trinajstić information content (AvgIpc) is 3.26. The van der Waals surface area contributed by atoms with Crippen LogP contribution in [0.4, 0.5) is 8.78 Å². The van der Waals surface area contributed by atoms with Crippen LogP contribution in [0.5, 0.6) is 0 Å². The Bertz CT molecular complexity index is 976. The number of piperidine rings is 1. The maximum Gasteiger partial charge on any atom is 0.251 e. The zero-order valence-corrected chi connectivity index (χ0v) is 15.0. The van der Waals surface area contributed by atoms with Gasteiger partial charge in [-0.15, -0.1) is 0 Å². The van der Waals surface area contributed by atoms with E-state index in [1.807, 2.05) is 0 Å². The van der Waals surface area contributed by atoms with Crippen molar-refractivity contribution in [3.8, 4) is 5.82 Å². The Balaban J connectivity index is 1.54. The molecule has 3 heterocycles. The van der Waals surface area contributed by atoms with Crippen LogP contribution in [0.15, 0.2) is 55.2 Å². The number of nitrogens with one attached hydrogen (secondary N) is 2. The predicted octanol–water partition coefficient (Wildman–Crippen LogP) is 2.42. The largest absolute Gasteiger partial charge is 0.347 e. The number of halogens is 2. The molecule has 0 radical (unpaired) electrons. The minimum atomic E-state index is -0.875. The van der Waals surface area contributed by atoms with E-state index in [1.165, 1.54) is 6.07 Å². The summed E-state index contributed by atoms with van der Waals surface area (Å²) >= 11 is 0. The summed E-state index contributed by atoms with van der Waals surface area (Å²) in [4.78, 5) is 21.0. The summed E-state index contributed by atoms with van der Waals surface area (Å²) < 4.78 is 28.7. The maximum absolute atomic E-state index is 13.7. The number of pyridine rings is 1. The molecule has 8 heteroatoms. The maximum atomic E-state index is 13.7. The molecular formula is C20H19F2N5O. The second-order valence-corrected chi connectivity index (χ2v) is 6.73. The standard InChI is InChI=1S/C20H19F2N5O/c21-16-2-1-13(9-17(16)22)15-4-5-23-11-18(15)26-20(28)14-3-6-25-19(10-14)27-8-7-24-12-27/h1-3,6-10,12,15,18,23H,4-5,11H2,(H,26,28). The molecule has 2 unspecified atom stereocenters. The van der Waals surface area contributed by atoms with E-state index in [9.17, 15) is 13.6 Å². The lowest BCUT2D eigenvalue weighted by Crippen LogP contribution is -2.50. The molecule has 1 aromatic carbocycles. The summed E-state index contributed by atoms with van der Waals surface area (Å²) in [6.07, 6.45) is 7.26. The van der Waals surface area contributed by atoms with Crippen molar-refractivity contribution in [2.24, 2.45) is 0 Å². The third-order valence-electron chi connectivity index (χ3n) is 4.95. The fourth-order valence-electron chi connectivity index (χ4n) is 3.50. The van der Waals surface area contributed by atoms with Gasteiger partial charge in [0.05, 0.1) is 0 Å². The first-order valence-corrected chi connectivity index (χ1v) is 9.03. The van der Waals surface area contributed by atoms with Gasteiger partial charge >= 0.3 is 0 Å². The normalized spacial score (nSPS) is 19.4. The molecule has 1 aliphatic rings. The van der Waals surface area contributed by atoms with Gasteiger partial charge in [0, 0.05) is 42.7 Å². The SMILES string of the molecule is O=C(NC1CNCCC1c1ccc(F)c(F)c1)c1ccnc(-n2ccnc2)c1. The van der Waals surface area contributed by atoms with Crippen LogP contribution >= 0.6 is 0 Å². The first-order chi connectivity index (χ1) is 13.6. The van der Waals surface area contributed by atoms with Gasteiger partial charge in [0.1, 0.15) is 12.1 Å². The Hall–Kier alpha value is -3.13. The van der Waals surface area contributed by atoms with Crippen molar-refractivity contribution >= 4 is 5.91 Å². The van der Waals surface area contributed by atoms with E-state index in [0.717, 1.165) is 12.6 Å². The van der Waals surface area contributed by atoms with Crippen molar-refractivity contribution in [3.63, 3.8) is 0 Å². The number of hydrogen-bond donors (Lipinski definition) is 2. The van der Waals surface area contributed by atoms with E-state index >= 15 is 0 Å². The molecule has 28 heavy (non-hydrogen) atoms. The topological polar surface area (TPSA) is 71.8 Å². The quantitative estimate of drug-likeness (QED) is 0.726. The molecule has 1 aliphatic heterocycles. The Morgan fingerprint density at radius 2 is 2.07 bits per heavy atom. The number of hydrogen-bond acceptors (Lipinski definition) is 4. The van der Waals surface area contributed by atoms with Crippen LogP contribution < -0.4 is 10.6 Å². The highest BCUT2D eigenvalue weighted by atomic mass is 19.2. The van der Waals surface area contributed by atoms with Gasteiger partial charge in [-0.3, -0.25) is 9.36 Å². The molecule has 3 aromatic rings. The summed E-state index contributed by atoms with van der Waals surface area (Å²) in [5.74, 6) is -1.51. The van der Waals surface area contributed by atoms with Crippen LogP contribution in [0.3, 0.4) is 0 Å². The number of imidazole rings is 1. The molecule has 144 valence electrons. The lowest BCUT2D eigenvalue weighted by Gasteiger charge is -2.33. The number of amides is 1. The molecule has 1 saturated heterocycles. The van der Waals surface area contributed by atoms with Crippen molar-refractivity contribution in [2.45, 2.75) is 18.4 Å². The van der Waals surface area contributed by atoms with Crippen LogP contribution in [-0.4, -0.2) is 39.6 Å². The summed E-state index contributed by atoms with van der Waals surface area (Å²) in [5, 5.41) is 6.26. The van der Waals surface area contributed by atoms with E-state index in [0.29, 0.717) is 29.9 Å². The van der Waals surface area contributed by atoms with Gasteiger partial charge < -0.3 is 10.6 Å². The lowest BCUT2D eigenvalue weighted by atomic mass is 9.86. The van der Waals surface area contributed by atoms with Crippen molar-refractivity contribution < 1.29 is 13.6 Å². The molecule has 1 fully saturated rings. The van der Waals surface area contributed by atoms with Crippen LogP contribution in [0.25, 0.3) is 5.82 Å². The van der Waals surface area contributed by atoms with Crippen molar-refractivity contribution in [1.82, 2.24) is 25.2 Å². The number of carbonyl (C=O) groups is 1. The third kappa shape index (κ3) is 3.77. The lowest BCUT2D eigenvalue weighted by molar-refractivity contribution is 0.0924. The Labute approximate surface area is 160 Å². The molecule has 0 spiro atoms. The molecule has 0 aliphatic carbocycles. The highest BCUT2D eigenvalue weighted by molar-refractivity contribution is 5.94. The zero-order valence-electron chi connectivity index (χ0n) is 15.0. The summed E-state index contributed by atoms with van der Waals surface area (Å²) in [6, 6.07) is 7.01. The number of carbonyl (C=O) groups excluding carboxylic acids is 1. The fraction of sp³-hybridized carbons (Fsp3) is 0.250. The highest BCUT2D eigenvalue weighted by Gasteiger charge is 2.28. The molecule has 2 N–H and O–H groups in total. The van der Waals surface area contributed by atoms with E-state index < -0.39 is 11.6 Å². The predicted molar refractivity (Wildman–Crippen MR) is 99.2 cm³/mol. The fourth-order valence-corrected chi connectivity index (χ4v) is 3.50. The second-order valence-electron chi connectivity index (χ2n) is 6.73. The Kier molecular flexibility index (Phi) is 5.12. The third-order valence-corrected chi connectivity index (χ3v) is 4.95. The first kappa shape index (κ1) is 18.2. The van der Waals surface area contributed by atoms with E-state index in [4.69, 9.17) is 0 Å². The number of benzene rings is 1. The van der Waals surface area contributed by atoms with Gasteiger partial charge in [-0.05, 0) is 42.8 Å². The van der Waals surface area contributed by atoms with Crippen LogP contribution in [0.2, 0.25) is 0 Å². The van der Waals surface area contributed by atoms with Crippen LogP contribution in [0, 0.1) is 11.6 Å². The molecule has 0 bridgehead atoms. The number of rotatable bonds is 4. The van der Waals surface area contributed by atoms with Gasteiger partial charge in [0.15, 0.2) is 11.6 Å². The molecule has 4 rings (SSSR count). The number of nitrogens with zero attached hydrogens (tertiary/aromatic N) is 3. The van der Waals surface area contributed by atoms with Gasteiger partial charge in [-0.2, -0.15) is 0 Å². The van der Waals surface area contributed by atoms with E-state index in [2.05, 4.69) is 20.6 Å². The van der Waals surface area contributed by atoms with Gasteiger partial charge in [0.25, 0.3) is 5.91 Å². The number of aromatic nitrogens is 3. The molecular weight excluding hydrogens is 364 g/mol. The van der Waals surface area contributed by atoms with Crippen LogP contribution in [-0.2, 0) is 0 Å². The minimum absolute atomic E-state index is 0.102. The summed E-state index contributed by atoms with van der Waals surface area (Å²) in [7, 11) is 0. The summed E-state index contributed by atoms with van der Waals surface area (Å²) in [5.41, 5.74) is 1.15. The van der Waals surface area contributed by atoms with Crippen molar-refractivity contribution in [2.75, 3.05) is 13.1 Å². The van der Waals surface area contributed by atoms with Gasteiger partial charge in [-0.25, -0.2) is 18.7 Å².